The van der Waals surface area contributed by atoms with Crippen LogP contribution in [0.1, 0.15) is 26.7 Å². The second-order valence-corrected chi connectivity index (χ2v) is 8.63. The summed E-state index contributed by atoms with van der Waals surface area (Å²) in [7, 11) is 0. The van der Waals surface area contributed by atoms with E-state index in [-0.39, 0.29) is 12.0 Å². The number of aromatic nitrogens is 2. The number of anilines is 2. The molecule has 1 atom stereocenters. The zero-order valence-corrected chi connectivity index (χ0v) is 21.2. The van der Waals surface area contributed by atoms with Crippen molar-refractivity contribution in [2.45, 2.75) is 32.8 Å². The maximum Gasteiger partial charge on any atom is 0.251 e. The van der Waals surface area contributed by atoms with Gasteiger partial charge in [-0.25, -0.2) is 4.98 Å². The molecule has 2 aromatic rings. The van der Waals surface area contributed by atoms with Crippen LogP contribution < -0.4 is 20.1 Å². The van der Waals surface area contributed by atoms with Crippen LogP contribution in [0.4, 0.5) is 11.8 Å². The fraction of sp³-hybridized carbons (Fsp3) is 0.640. The second-order valence-electron chi connectivity index (χ2n) is 8.63. The average molecular weight is 504 g/mol. The summed E-state index contributed by atoms with van der Waals surface area (Å²) in [5.74, 6) is 2.10. The van der Waals surface area contributed by atoms with E-state index >= 15 is 0 Å². The maximum atomic E-state index is 12.7. The molecule has 1 unspecified atom stereocenters. The van der Waals surface area contributed by atoms with Crippen molar-refractivity contribution in [1.29, 1.82) is 0 Å². The molecule has 0 spiro atoms. The first-order valence-electron chi connectivity index (χ1n) is 12.8. The molecule has 2 saturated heterocycles. The minimum absolute atomic E-state index is 0.0804. The lowest BCUT2D eigenvalue weighted by atomic mass is 10.2. The van der Waals surface area contributed by atoms with Gasteiger partial charge in [-0.15, -0.1) is 0 Å². The Bertz CT molecular complexity index is 1010. The van der Waals surface area contributed by atoms with E-state index in [0.717, 1.165) is 12.8 Å². The molecule has 1 aromatic heterocycles. The number of carbonyl (C=O) groups excluding carboxylic acids is 1. The van der Waals surface area contributed by atoms with Crippen molar-refractivity contribution in [3.63, 3.8) is 0 Å². The van der Waals surface area contributed by atoms with Crippen molar-refractivity contribution in [1.82, 2.24) is 14.9 Å². The largest absolute Gasteiger partial charge is 0.487 e. The van der Waals surface area contributed by atoms with Crippen LogP contribution >= 0.6 is 0 Å². The van der Waals surface area contributed by atoms with E-state index in [1.165, 1.54) is 0 Å². The highest BCUT2D eigenvalue weighted by atomic mass is 16.6. The first-order chi connectivity index (χ1) is 17.6. The third kappa shape index (κ3) is 6.45. The number of amides is 1. The van der Waals surface area contributed by atoms with Crippen LogP contribution in [0, 0.1) is 0 Å². The normalized spacial score (nSPS) is 18.1. The van der Waals surface area contributed by atoms with E-state index in [9.17, 15) is 4.79 Å². The smallest absolute Gasteiger partial charge is 0.251 e. The van der Waals surface area contributed by atoms with Gasteiger partial charge in [-0.2, -0.15) is 4.98 Å². The van der Waals surface area contributed by atoms with Crippen molar-refractivity contribution >= 4 is 28.6 Å². The topological polar surface area (TPSA) is 122 Å². The van der Waals surface area contributed by atoms with Crippen LogP contribution in [0.15, 0.2) is 12.1 Å². The van der Waals surface area contributed by atoms with E-state index in [0.29, 0.717) is 107 Å². The quantitative estimate of drug-likeness (QED) is 0.430. The van der Waals surface area contributed by atoms with Crippen LogP contribution in [0.25, 0.3) is 10.9 Å². The number of nitrogens with zero attached hydrogens (tertiary/aromatic N) is 4. The van der Waals surface area contributed by atoms with Crippen LogP contribution in [0.5, 0.6) is 11.5 Å². The van der Waals surface area contributed by atoms with Crippen molar-refractivity contribution < 1.29 is 28.5 Å². The molecule has 1 amide bonds. The molecule has 2 fully saturated rings. The van der Waals surface area contributed by atoms with Crippen LogP contribution in [0.3, 0.4) is 0 Å². The Morgan fingerprint density at radius 1 is 1.00 bits per heavy atom. The van der Waals surface area contributed by atoms with Gasteiger partial charge in [0, 0.05) is 57.5 Å². The summed E-state index contributed by atoms with van der Waals surface area (Å²) >= 11 is 0. The molecule has 0 radical (unpaired) electrons. The van der Waals surface area contributed by atoms with Gasteiger partial charge in [-0.3, -0.25) is 4.79 Å². The van der Waals surface area contributed by atoms with Crippen molar-refractivity contribution in [2.75, 3.05) is 83.1 Å². The molecule has 0 aliphatic carbocycles. The molecule has 36 heavy (non-hydrogen) atoms. The van der Waals surface area contributed by atoms with E-state index in [1.807, 2.05) is 30.9 Å². The number of nitrogen functional groups attached to an aromatic ring is 1. The lowest BCUT2D eigenvalue weighted by Gasteiger charge is -2.35. The van der Waals surface area contributed by atoms with Gasteiger partial charge in [0.05, 0.1) is 18.7 Å². The number of rotatable bonds is 12. The SMILES string of the molecule is CCOCCOc1cc2nc(N3CCN(C(=O)C4CCCO4)CC3)nc(N)c2cc1OCCOCC. The van der Waals surface area contributed by atoms with Crippen LogP contribution in [-0.4, -0.2) is 99.3 Å². The van der Waals surface area contributed by atoms with Gasteiger partial charge >= 0.3 is 0 Å². The summed E-state index contributed by atoms with van der Waals surface area (Å²) < 4.78 is 28.2. The highest BCUT2D eigenvalue weighted by Gasteiger charge is 2.31. The number of piperazine rings is 1. The molecule has 4 rings (SSSR count). The van der Waals surface area contributed by atoms with Gasteiger partial charge in [-0.1, -0.05) is 0 Å². The van der Waals surface area contributed by atoms with E-state index in [4.69, 9.17) is 34.4 Å². The fourth-order valence-corrected chi connectivity index (χ4v) is 4.33. The minimum atomic E-state index is -0.296. The van der Waals surface area contributed by atoms with E-state index in [2.05, 4.69) is 9.88 Å². The Morgan fingerprint density at radius 3 is 2.28 bits per heavy atom. The second kappa shape index (κ2) is 12.9. The summed E-state index contributed by atoms with van der Waals surface area (Å²) in [6.07, 6.45) is 1.45. The monoisotopic (exact) mass is 503 g/mol. The van der Waals surface area contributed by atoms with Gasteiger partial charge in [0.15, 0.2) is 11.5 Å². The Morgan fingerprint density at radius 2 is 1.67 bits per heavy atom. The molecule has 0 saturated carbocycles. The molecule has 11 heteroatoms. The van der Waals surface area contributed by atoms with E-state index < -0.39 is 0 Å². The molecule has 2 aliphatic heterocycles. The molecule has 2 aliphatic rings. The minimum Gasteiger partial charge on any atom is -0.487 e. The van der Waals surface area contributed by atoms with Gasteiger partial charge in [0.2, 0.25) is 5.95 Å². The predicted octanol–water partition coefficient (Wildman–Crippen LogP) is 1.87. The highest BCUT2D eigenvalue weighted by Crippen LogP contribution is 2.35. The molecule has 0 bridgehead atoms. The van der Waals surface area contributed by atoms with Crippen LogP contribution in [-0.2, 0) is 19.0 Å². The Balaban J connectivity index is 1.49. The van der Waals surface area contributed by atoms with Crippen molar-refractivity contribution in [2.24, 2.45) is 0 Å². The first kappa shape index (κ1) is 26.2. The zero-order chi connectivity index (χ0) is 25.3. The summed E-state index contributed by atoms with van der Waals surface area (Å²) in [5.41, 5.74) is 7.02. The third-order valence-corrected chi connectivity index (χ3v) is 6.24. The summed E-state index contributed by atoms with van der Waals surface area (Å²) in [6.45, 7) is 9.95. The molecular formula is C25H37N5O6. The number of nitrogens with two attached hydrogens (primary N) is 1. The first-order valence-corrected chi connectivity index (χ1v) is 12.8. The molecular weight excluding hydrogens is 466 g/mol. The Kier molecular flexibility index (Phi) is 9.37. The number of benzene rings is 1. The summed E-state index contributed by atoms with van der Waals surface area (Å²) in [6, 6.07) is 3.64. The fourth-order valence-electron chi connectivity index (χ4n) is 4.33. The molecule has 2 N–H and O–H groups in total. The number of hydrogen-bond donors (Lipinski definition) is 1. The van der Waals surface area contributed by atoms with Crippen molar-refractivity contribution in [3.05, 3.63) is 12.1 Å². The molecule has 3 heterocycles. The lowest BCUT2D eigenvalue weighted by molar-refractivity contribution is -0.141. The predicted molar refractivity (Wildman–Crippen MR) is 136 cm³/mol. The van der Waals surface area contributed by atoms with Gasteiger partial charge in [0.25, 0.3) is 5.91 Å². The number of fused-ring (bicyclic) bond motifs is 1. The number of carbonyl (C=O) groups is 1. The highest BCUT2D eigenvalue weighted by molar-refractivity contribution is 5.91. The van der Waals surface area contributed by atoms with Gasteiger partial charge in [0.1, 0.15) is 25.1 Å². The standard InChI is InChI=1S/C25H37N5O6/c1-3-32-12-14-35-21-16-18-19(17-22(21)36-15-13-33-4-2)27-25(28-23(18)26)30-9-7-29(8-10-30)24(31)20-6-5-11-34-20/h16-17,20H,3-15H2,1-2H3,(H2,26,27,28). The van der Waals surface area contributed by atoms with Crippen molar-refractivity contribution in [3.8, 4) is 11.5 Å². The summed E-state index contributed by atoms with van der Waals surface area (Å²) in [4.78, 5) is 25.9. The van der Waals surface area contributed by atoms with E-state index in [1.54, 1.807) is 0 Å². The number of ether oxygens (including phenoxy) is 5. The molecule has 1 aromatic carbocycles. The zero-order valence-electron chi connectivity index (χ0n) is 21.2. The summed E-state index contributed by atoms with van der Waals surface area (Å²) in [5, 5.41) is 0.689. The molecule has 198 valence electrons. The van der Waals surface area contributed by atoms with Crippen LogP contribution in [0.2, 0.25) is 0 Å². The van der Waals surface area contributed by atoms with Gasteiger partial charge in [-0.05, 0) is 32.8 Å². The van der Waals surface area contributed by atoms with Gasteiger partial charge < -0.3 is 39.2 Å². The Labute approximate surface area is 211 Å². The Hall–Kier alpha value is -2.89. The third-order valence-electron chi connectivity index (χ3n) is 6.24. The molecule has 11 nitrogen and oxygen atoms in total. The average Bonchev–Trinajstić information content (AvgIpc) is 3.44. The number of hydrogen-bond acceptors (Lipinski definition) is 10. The lowest BCUT2D eigenvalue weighted by Crippen LogP contribution is -2.51. The maximum absolute atomic E-state index is 12.7.